The summed E-state index contributed by atoms with van der Waals surface area (Å²) in [6.07, 6.45) is 6.50. The number of rotatable bonds is 4. The van der Waals surface area contributed by atoms with E-state index in [-0.39, 0.29) is 18.2 Å². The van der Waals surface area contributed by atoms with Crippen LogP contribution in [0.5, 0.6) is 0 Å². The molecule has 82 valence electrons. The van der Waals surface area contributed by atoms with E-state index < -0.39 is 0 Å². The summed E-state index contributed by atoms with van der Waals surface area (Å²) in [5.74, 6) is 0. The van der Waals surface area contributed by atoms with Crippen LogP contribution in [0.15, 0.2) is 0 Å². The van der Waals surface area contributed by atoms with Crippen LogP contribution in [0.25, 0.3) is 0 Å². The molecule has 0 spiro atoms. The lowest BCUT2D eigenvalue weighted by Crippen LogP contribution is -2.34. The second-order valence-corrected chi connectivity index (χ2v) is 4.15. The van der Waals surface area contributed by atoms with E-state index in [1.165, 1.54) is 12.8 Å². The maximum Gasteiger partial charge on any atom is 0.407 e. The van der Waals surface area contributed by atoms with Gasteiger partial charge >= 0.3 is 6.09 Å². The summed E-state index contributed by atoms with van der Waals surface area (Å²) in [5, 5.41) is 2.85. The molecule has 1 unspecified atom stereocenters. The van der Waals surface area contributed by atoms with Gasteiger partial charge in [-0.1, -0.05) is 13.3 Å². The highest BCUT2D eigenvalue weighted by Gasteiger charge is 2.19. The third kappa shape index (κ3) is 3.99. The summed E-state index contributed by atoms with van der Waals surface area (Å²) in [6.45, 7) is 4.12. The summed E-state index contributed by atoms with van der Waals surface area (Å²) in [5.41, 5.74) is 0. The molecule has 0 aliphatic heterocycles. The van der Waals surface area contributed by atoms with Gasteiger partial charge in [-0.2, -0.15) is 0 Å². The van der Waals surface area contributed by atoms with Crippen LogP contribution < -0.4 is 5.32 Å². The number of hydrogen-bond acceptors (Lipinski definition) is 2. The van der Waals surface area contributed by atoms with Crippen molar-refractivity contribution in [3.8, 4) is 0 Å². The Morgan fingerprint density at radius 3 is 2.71 bits per heavy atom. The summed E-state index contributed by atoms with van der Waals surface area (Å²) in [4.78, 5) is 11.4. The number of carbonyl (C=O) groups is 1. The lowest BCUT2D eigenvalue weighted by molar-refractivity contribution is 0.0981. The summed E-state index contributed by atoms with van der Waals surface area (Å²) in [6, 6.07) is 0.230. The summed E-state index contributed by atoms with van der Waals surface area (Å²) < 4.78 is 5.28. The van der Waals surface area contributed by atoms with Crippen molar-refractivity contribution in [2.75, 3.05) is 0 Å². The Labute approximate surface area is 86.2 Å². The van der Waals surface area contributed by atoms with Crippen LogP contribution in [0.4, 0.5) is 4.79 Å². The molecule has 3 nitrogen and oxygen atoms in total. The van der Waals surface area contributed by atoms with Crippen molar-refractivity contribution in [3.63, 3.8) is 0 Å². The summed E-state index contributed by atoms with van der Waals surface area (Å²) in [7, 11) is 0. The monoisotopic (exact) mass is 199 g/mol. The number of hydrogen-bond donors (Lipinski definition) is 1. The highest BCUT2D eigenvalue weighted by molar-refractivity contribution is 5.67. The minimum atomic E-state index is -0.238. The molecule has 0 aromatic heterocycles. The molecule has 1 rings (SSSR count). The van der Waals surface area contributed by atoms with Gasteiger partial charge in [0.15, 0.2) is 0 Å². The van der Waals surface area contributed by atoms with Crippen molar-refractivity contribution in [1.29, 1.82) is 0 Å². The zero-order chi connectivity index (χ0) is 10.4. The topological polar surface area (TPSA) is 38.3 Å². The second-order valence-electron chi connectivity index (χ2n) is 4.15. The maximum atomic E-state index is 11.4. The van der Waals surface area contributed by atoms with E-state index in [0.717, 1.165) is 25.7 Å². The van der Waals surface area contributed by atoms with E-state index in [9.17, 15) is 4.79 Å². The third-order valence-electron chi connectivity index (χ3n) is 2.66. The van der Waals surface area contributed by atoms with Crippen LogP contribution in [-0.4, -0.2) is 18.2 Å². The van der Waals surface area contributed by atoms with Crippen LogP contribution in [0, 0.1) is 0 Å². The minimum absolute atomic E-state index is 0.170. The average Bonchev–Trinajstić information content (AvgIpc) is 2.56. The van der Waals surface area contributed by atoms with Gasteiger partial charge in [-0.05, 0) is 39.0 Å². The largest absolute Gasteiger partial charge is 0.446 e. The van der Waals surface area contributed by atoms with Crippen molar-refractivity contribution in [3.05, 3.63) is 0 Å². The predicted octanol–water partition coefficient (Wildman–Crippen LogP) is 2.84. The van der Waals surface area contributed by atoms with Crippen molar-refractivity contribution in [1.82, 2.24) is 5.32 Å². The molecule has 3 heteroatoms. The normalized spacial score (nSPS) is 19.3. The molecule has 1 atom stereocenters. The molecule has 0 saturated heterocycles. The van der Waals surface area contributed by atoms with Gasteiger partial charge in [-0.15, -0.1) is 0 Å². The number of carbonyl (C=O) groups excluding carboxylic acids is 1. The molecule has 1 N–H and O–H groups in total. The number of ether oxygens (including phenoxy) is 1. The first-order chi connectivity index (χ1) is 6.72. The highest BCUT2D eigenvalue weighted by atomic mass is 16.6. The van der Waals surface area contributed by atoms with Crippen LogP contribution in [0.3, 0.4) is 0 Å². The molecule has 1 fully saturated rings. The van der Waals surface area contributed by atoms with Gasteiger partial charge < -0.3 is 10.1 Å². The van der Waals surface area contributed by atoms with Crippen molar-refractivity contribution in [2.45, 2.75) is 64.5 Å². The maximum absolute atomic E-state index is 11.4. The average molecular weight is 199 g/mol. The van der Waals surface area contributed by atoms with Crippen LogP contribution in [0.1, 0.15) is 52.4 Å². The molecule has 1 aliphatic rings. The first-order valence-corrected chi connectivity index (χ1v) is 5.69. The van der Waals surface area contributed by atoms with E-state index in [0.29, 0.717) is 0 Å². The van der Waals surface area contributed by atoms with Gasteiger partial charge in [-0.25, -0.2) is 4.79 Å². The molecule has 0 aromatic rings. The van der Waals surface area contributed by atoms with Gasteiger partial charge in [0.25, 0.3) is 0 Å². The Kier molecular flexibility index (Phi) is 4.77. The van der Waals surface area contributed by atoms with Crippen molar-refractivity contribution < 1.29 is 9.53 Å². The van der Waals surface area contributed by atoms with E-state index in [2.05, 4.69) is 12.2 Å². The van der Waals surface area contributed by atoms with Gasteiger partial charge in [-0.3, -0.25) is 0 Å². The SMILES string of the molecule is CCCC(C)NC(=O)OC1CCCC1. The van der Waals surface area contributed by atoms with E-state index >= 15 is 0 Å². The minimum Gasteiger partial charge on any atom is -0.446 e. The molecule has 0 radical (unpaired) electrons. The zero-order valence-corrected chi connectivity index (χ0v) is 9.21. The molecular formula is C11H21NO2. The number of amides is 1. The quantitative estimate of drug-likeness (QED) is 0.756. The lowest BCUT2D eigenvalue weighted by atomic mass is 10.2. The zero-order valence-electron chi connectivity index (χ0n) is 9.21. The third-order valence-corrected chi connectivity index (χ3v) is 2.66. The Morgan fingerprint density at radius 2 is 2.14 bits per heavy atom. The fourth-order valence-corrected chi connectivity index (χ4v) is 1.90. The van der Waals surface area contributed by atoms with Gasteiger partial charge in [0.05, 0.1) is 0 Å². The molecule has 0 aromatic carbocycles. The predicted molar refractivity (Wildman–Crippen MR) is 56.2 cm³/mol. The molecular weight excluding hydrogens is 178 g/mol. The Hall–Kier alpha value is -0.730. The Morgan fingerprint density at radius 1 is 1.50 bits per heavy atom. The van der Waals surface area contributed by atoms with Crippen LogP contribution in [-0.2, 0) is 4.74 Å². The van der Waals surface area contributed by atoms with E-state index in [1.54, 1.807) is 0 Å². The molecule has 1 amide bonds. The van der Waals surface area contributed by atoms with Crippen LogP contribution >= 0.6 is 0 Å². The number of nitrogens with one attached hydrogen (secondary N) is 1. The van der Waals surface area contributed by atoms with Crippen molar-refractivity contribution in [2.24, 2.45) is 0 Å². The first-order valence-electron chi connectivity index (χ1n) is 5.69. The summed E-state index contributed by atoms with van der Waals surface area (Å²) >= 11 is 0. The molecule has 0 bridgehead atoms. The highest BCUT2D eigenvalue weighted by Crippen LogP contribution is 2.20. The first kappa shape index (κ1) is 11.3. The molecule has 1 saturated carbocycles. The fraction of sp³-hybridized carbons (Fsp3) is 0.909. The number of alkyl carbamates (subject to hydrolysis) is 1. The van der Waals surface area contributed by atoms with Crippen LogP contribution in [0.2, 0.25) is 0 Å². The van der Waals surface area contributed by atoms with E-state index in [4.69, 9.17) is 4.74 Å². The van der Waals surface area contributed by atoms with E-state index in [1.807, 2.05) is 6.92 Å². The van der Waals surface area contributed by atoms with Gasteiger partial charge in [0.1, 0.15) is 6.10 Å². The molecule has 0 heterocycles. The fourth-order valence-electron chi connectivity index (χ4n) is 1.90. The molecule has 1 aliphatic carbocycles. The molecule has 14 heavy (non-hydrogen) atoms. The Bertz CT molecular complexity index is 176. The van der Waals surface area contributed by atoms with Crippen molar-refractivity contribution >= 4 is 6.09 Å². The lowest BCUT2D eigenvalue weighted by Gasteiger charge is -2.16. The van der Waals surface area contributed by atoms with Gasteiger partial charge in [0, 0.05) is 6.04 Å². The van der Waals surface area contributed by atoms with Gasteiger partial charge in [0.2, 0.25) is 0 Å². The standard InChI is InChI=1S/C11H21NO2/c1-3-6-9(2)12-11(13)14-10-7-4-5-8-10/h9-10H,3-8H2,1-2H3,(H,12,13). The Balaban J connectivity index is 2.14. The smallest absolute Gasteiger partial charge is 0.407 e. The second kappa shape index (κ2) is 5.89.